The second-order valence-corrected chi connectivity index (χ2v) is 7.28. The number of amides is 1. The summed E-state index contributed by atoms with van der Waals surface area (Å²) in [7, 11) is 0. The molecule has 0 radical (unpaired) electrons. The Balaban J connectivity index is 1.66. The number of halogens is 2. The van der Waals surface area contributed by atoms with Crippen LogP contribution in [0.2, 0.25) is 0 Å². The van der Waals surface area contributed by atoms with Crippen LogP contribution in [0.5, 0.6) is 0 Å². The Morgan fingerprint density at radius 3 is 2.18 bits per heavy atom. The van der Waals surface area contributed by atoms with Crippen LogP contribution in [0.4, 0.5) is 0 Å². The quantitative estimate of drug-likeness (QED) is 0.805. The lowest BCUT2D eigenvalue weighted by Gasteiger charge is -2.15. The van der Waals surface area contributed by atoms with E-state index in [4.69, 9.17) is 23.2 Å². The van der Waals surface area contributed by atoms with E-state index in [-0.39, 0.29) is 17.9 Å². The molecule has 1 N–H and O–H groups in total. The van der Waals surface area contributed by atoms with Crippen LogP contribution in [0.3, 0.4) is 0 Å². The topological polar surface area (TPSA) is 29.1 Å². The fourth-order valence-corrected chi connectivity index (χ4v) is 3.00. The molecule has 0 bridgehead atoms. The normalized spacial score (nSPS) is 20.2. The van der Waals surface area contributed by atoms with Gasteiger partial charge in [0.25, 0.3) is 0 Å². The molecule has 114 valence electrons. The molecular weight excluding hydrogens is 317 g/mol. The molecule has 2 aromatic rings. The van der Waals surface area contributed by atoms with Crippen molar-refractivity contribution in [1.29, 1.82) is 0 Å². The third-order valence-electron chi connectivity index (χ3n) is 4.02. The van der Waals surface area contributed by atoms with E-state index in [1.807, 2.05) is 37.3 Å². The van der Waals surface area contributed by atoms with Crippen LogP contribution in [0.25, 0.3) is 11.1 Å². The summed E-state index contributed by atoms with van der Waals surface area (Å²) in [6.07, 6.45) is 0.529. The zero-order chi connectivity index (χ0) is 15.7. The van der Waals surface area contributed by atoms with Crippen molar-refractivity contribution >= 4 is 29.1 Å². The third kappa shape index (κ3) is 3.29. The van der Waals surface area contributed by atoms with Gasteiger partial charge in [-0.25, -0.2) is 0 Å². The number of carbonyl (C=O) groups is 1. The highest BCUT2D eigenvalue weighted by molar-refractivity contribution is 6.52. The fraction of sp³-hybridized carbons (Fsp3) is 0.278. The van der Waals surface area contributed by atoms with E-state index in [1.165, 1.54) is 5.56 Å². The van der Waals surface area contributed by atoms with Crippen LogP contribution in [0.1, 0.15) is 24.9 Å². The van der Waals surface area contributed by atoms with Crippen LogP contribution in [0, 0.1) is 5.92 Å². The first-order chi connectivity index (χ1) is 10.5. The van der Waals surface area contributed by atoms with E-state index in [2.05, 4.69) is 29.6 Å². The number of rotatable bonds is 4. The van der Waals surface area contributed by atoms with E-state index in [1.54, 1.807) is 0 Å². The van der Waals surface area contributed by atoms with Crippen molar-refractivity contribution in [3.05, 3.63) is 60.2 Å². The van der Waals surface area contributed by atoms with Gasteiger partial charge in [-0.15, -0.1) is 23.2 Å². The van der Waals surface area contributed by atoms with Gasteiger partial charge in [-0.05, 0) is 30.0 Å². The first kappa shape index (κ1) is 15.4. The number of benzene rings is 2. The zero-order valence-electron chi connectivity index (χ0n) is 12.2. The van der Waals surface area contributed by atoms with Crippen LogP contribution >= 0.6 is 23.2 Å². The van der Waals surface area contributed by atoms with Gasteiger partial charge in [0.2, 0.25) is 5.91 Å². The molecule has 2 aromatic carbocycles. The summed E-state index contributed by atoms with van der Waals surface area (Å²) in [6, 6.07) is 18.3. The van der Waals surface area contributed by atoms with Crippen LogP contribution in [-0.2, 0) is 4.79 Å². The van der Waals surface area contributed by atoms with Gasteiger partial charge >= 0.3 is 0 Å². The van der Waals surface area contributed by atoms with Gasteiger partial charge in [0, 0.05) is 0 Å². The minimum atomic E-state index is -0.874. The molecule has 4 heteroatoms. The summed E-state index contributed by atoms with van der Waals surface area (Å²) in [5.74, 6) is -0.369. The van der Waals surface area contributed by atoms with Gasteiger partial charge in [0.15, 0.2) is 0 Å². The SMILES string of the molecule is C[C@H](NC(=O)[C@@H]1CC1(Cl)Cl)c1ccc(-c2ccccc2)cc1. The molecule has 2 atom stereocenters. The molecule has 22 heavy (non-hydrogen) atoms. The van der Waals surface area contributed by atoms with Gasteiger partial charge in [-0.1, -0.05) is 54.6 Å². The summed E-state index contributed by atoms with van der Waals surface area (Å²) in [6.45, 7) is 1.96. The van der Waals surface area contributed by atoms with E-state index in [9.17, 15) is 4.79 Å². The Labute approximate surface area is 140 Å². The summed E-state index contributed by atoms with van der Waals surface area (Å²) < 4.78 is -0.874. The molecule has 0 heterocycles. The van der Waals surface area contributed by atoms with Gasteiger partial charge in [-0.3, -0.25) is 4.79 Å². The first-order valence-corrected chi connectivity index (χ1v) is 8.06. The summed E-state index contributed by atoms with van der Waals surface area (Å²) >= 11 is 11.8. The molecule has 0 aromatic heterocycles. The zero-order valence-corrected chi connectivity index (χ0v) is 13.7. The van der Waals surface area contributed by atoms with Crippen molar-refractivity contribution in [2.45, 2.75) is 23.7 Å². The lowest BCUT2D eigenvalue weighted by atomic mass is 10.0. The molecule has 0 aliphatic heterocycles. The number of hydrogen-bond donors (Lipinski definition) is 1. The Morgan fingerprint density at radius 2 is 1.64 bits per heavy atom. The molecule has 1 aliphatic rings. The fourth-order valence-electron chi connectivity index (χ4n) is 2.49. The summed E-state index contributed by atoms with van der Waals surface area (Å²) in [5.41, 5.74) is 3.40. The first-order valence-electron chi connectivity index (χ1n) is 7.31. The van der Waals surface area contributed by atoms with Gasteiger partial charge < -0.3 is 5.32 Å². The van der Waals surface area contributed by atoms with Crippen molar-refractivity contribution in [3.8, 4) is 11.1 Å². The van der Waals surface area contributed by atoms with Crippen molar-refractivity contribution in [3.63, 3.8) is 0 Å². The second-order valence-electron chi connectivity index (χ2n) is 5.74. The number of alkyl halides is 2. The van der Waals surface area contributed by atoms with E-state index in [0.717, 1.165) is 11.1 Å². The maximum absolute atomic E-state index is 12.0. The standard InChI is InChI=1S/C18H17Cl2NO/c1-12(21-17(22)16-11-18(16,19)20)13-7-9-15(10-8-13)14-5-3-2-4-6-14/h2-10,12,16H,11H2,1H3,(H,21,22)/t12-,16-/m0/s1. The summed E-state index contributed by atoms with van der Waals surface area (Å²) in [4.78, 5) is 12.0. The Bertz CT molecular complexity index is 667. The second kappa shape index (κ2) is 5.94. The van der Waals surface area contributed by atoms with Crippen molar-refractivity contribution in [2.24, 2.45) is 5.92 Å². The van der Waals surface area contributed by atoms with Crippen LogP contribution in [-0.4, -0.2) is 10.2 Å². The molecule has 0 saturated heterocycles. The predicted molar refractivity (Wildman–Crippen MR) is 91.0 cm³/mol. The number of nitrogens with one attached hydrogen (secondary N) is 1. The van der Waals surface area contributed by atoms with E-state index in [0.29, 0.717) is 6.42 Å². The highest BCUT2D eigenvalue weighted by Gasteiger charge is 2.56. The molecule has 0 unspecified atom stereocenters. The molecule has 1 amide bonds. The summed E-state index contributed by atoms with van der Waals surface area (Å²) in [5, 5.41) is 2.97. The predicted octanol–water partition coefficient (Wildman–Crippen LogP) is 4.72. The highest BCUT2D eigenvalue weighted by atomic mass is 35.5. The highest BCUT2D eigenvalue weighted by Crippen LogP contribution is 2.53. The van der Waals surface area contributed by atoms with Gasteiger partial charge in [0.1, 0.15) is 4.33 Å². The van der Waals surface area contributed by atoms with Crippen molar-refractivity contribution in [2.75, 3.05) is 0 Å². The Kier molecular flexibility index (Phi) is 4.16. The average molecular weight is 334 g/mol. The van der Waals surface area contributed by atoms with Gasteiger partial charge in [-0.2, -0.15) is 0 Å². The minimum Gasteiger partial charge on any atom is -0.349 e. The molecule has 1 fully saturated rings. The lowest BCUT2D eigenvalue weighted by molar-refractivity contribution is -0.123. The molecule has 3 rings (SSSR count). The number of carbonyl (C=O) groups excluding carboxylic acids is 1. The van der Waals surface area contributed by atoms with Crippen molar-refractivity contribution in [1.82, 2.24) is 5.32 Å². The van der Waals surface area contributed by atoms with E-state index >= 15 is 0 Å². The van der Waals surface area contributed by atoms with Crippen molar-refractivity contribution < 1.29 is 4.79 Å². The molecule has 1 saturated carbocycles. The molecule has 1 aliphatic carbocycles. The van der Waals surface area contributed by atoms with E-state index < -0.39 is 4.33 Å². The molecule has 0 spiro atoms. The molecular formula is C18H17Cl2NO. The maximum Gasteiger partial charge on any atom is 0.226 e. The van der Waals surface area contributed by atoms with Gasteiger partial charge in [0.05, 0.1) is 12.0 Å². The Morgan fingerprint density at radius 1 is 1.09 bits per heavy atom. The largest absolute Gasteiger partial charge is 0.349 e. The number of hydrogen-bond acceptors (Lipinski definition) is 1. The Hall–Kier alpha value is -1.51. The average Bonchev–Trinajstić information content (AvgIpc) is 3.17. The third-order valence-corrected chi connectivity index (χ3v) is 4.85. The molecule has 2 nitrogen and oxygen atoms in total. The smallest absolute Gasteiger partial charge is 0.226 e. The lowest BCUT2D eigenvalue weighted by Crippen LogP contribution is -2.29. The monoisotopic (exact) mass is 333 g/mol. The maximum atomic E-state index is 12.0. The van der Waals surface area contributed by atoms with Crippen LogP contribution < -0.4 is 5.32 Å². The van der Waals surface area contributed by atoms with Crippen LogP contribution in [0.15, 0.2) is 54.6 Å². The minimum absolute atomic E-state index is 0.0675.